The molecule has 1 fully saturated rings. The molecule has 2 aromatic heterocycles. The Balaban J connectivity index is 1.47. The predicted molar refractivity (Wildman–Crippen MR) is 104 cm³/mol. The van der Waals surface area contributed by atoms with Gasteiger partial charge in [-0.05, 0) is 18.2 Å². The second-order valence-corrected chi connectivity index (χ2v) is 6.86. The van der Waals surface area contributed by atoms with Gasteiger partial charge in [0.2, 0.25) is 0 Å². The molecule has 0 aliphatic carbocycles. The van der Waals surface area contributed by atoms with Gasteiger partial charge in [0.1, 0.15) is 6.33 Å². The molecular formula is C19H17ClN6. The highest BCUT2D eigenvalue weighted by Gasteiger charge is 2.21. The van der Waals surface area contributed by atoms with Crippen molar-refractivity contribution in [1.82, 2.24) is 19.8 Å². The van der Waals surface area contributed by atoms with E-state index in [-0.39, 0.29) is 0 Å². The molecule has 0 atom stereocenters. The van der Waals surface area contributed by atoms with Crippen LogP contribution in [0.25, 0.3) is 16.4 Å². The number of piperazine rings is 1. The molecule has 6 nitrogen and oxygen atoms in total. The number of halogens is 1. The van der Waals surface area contributed by atoms with Crippen LogP contribution in [0.5, 0.6) is 0 Å². The quantitative estimate of drug-likeness (QED) is 0.546. The number of rotatable bonds is 2. The SMILES string of the molecule is Clc1cccc(N2CCN(c3nn4cnnc4c4ccccc34)CC2)c1. The van der Waals surface area contributed by atoms with E-state index in [0.29, 0.717) is 0 Å². The molecule has 2 aromatic carbocycles. The van der Waals surface area contributed by atoms with Crippen molar-refractivity contribution in [2.24, 2.45) is 0 Å². The van der Waals surface area contributed by atoms with Gasteiger partial charge in [0.05, 0.1) is 0 Å². The van der Waals surface area contributed by atoms with E-state index in [9.17, 15) is 0 Å². The summed E-state index contributed by atoms with van der Waals surface area (Å²) < 4.78 is 1.76. The molecule has 0 unspecified atom stereocenters. The second kappa shape index (κ2) is 6.14. The van der Waals surface area contributed by atoms with Crippen LogP contribution in [-0.4, -0.2) is 46.0 Å². The van der Waals surface area contributed by atoms with Crippen molar-refractivity contribution in [2.75, 3.05) is 36.0 Å². The first-order chi connectivity index (χ1) is 12.8. The first kappa shape index (κ1) is 15.4. The molecule has 0 bridgehead atoms. The molecule has 0 saturated carbocycles. The molecule has 1 aliphatic rings. The fraction of sp³-hybridized carbons (Fsp3) is 0.211. The van der Waals surface area contributed by atoms with Gasteiger partial charge in [0.15, 0.2) is 11.5 Å². The van der Waals surface area contributed by atoms with Gasteiger partial charge in [-0.3, -0.25) is 0 Å². The zero-order chi connectivity index (χ0) is 17.5. The first-order valence-electron chi connectivity index (χ1n) is 8.64. The lowest BCUT2D eigenvalue weighted by Crippen LogP contribution is -2.47. The van der Waals surface area contributed by atoms with Crippen molar-refractivity contribution >= 4 is 39.5 Å². The normalized spacial score (nSPS) is 15.1. The molecule has 5 rings (SSSR count). The summed E-state index contributed by atoms with van der Waals surface area (Å²) in [4.78, 5) is 4.70. The molecule has 7 heteroatoms. The number of hydrogen-bond acceptors (Lipinski definition) is 5. The second-order valence-electron chi connectivity index (χ2n) is 6.42. The van der Waals surface area contributed by atoms with Gasteiger partial charge in [-0.25, -0.2) is 0 Å². The smallest absolute Gasteiger partial charge is 0.185 e. The minimum atomic E-state index is 0.774. The monoisotopic (exact) mass is 364 g/mol. The van der Waals surface area contributed by atoms with E-state index in [1.807, 2.05) is 30.3 Å². The lowest BCUT2D eigenvalue weighted by Gasteiger charge is -2.37. The lowest BCUT2D eigenvalue weighted by atomic mass is 10.1. The van der Waals surface area contributed by atoms with Gasteiger partial charge in [-0.15, -0.1) is 15.3 Å². The van der Waals surface area contributed by atoms with E-state index in [0.717, 1.165) is 53.4 Å². The number of hydrogen-bond donors (Lipinski definition) is 0. The average Bonchev–Trinajstić information content (AvgIpc) is 3.16. The molecule has 1 aliphatic heterocycles. The highest BCUT2D eigenvalue weighted by molar-refractivity contribution is 6.30. The Labute approximate surface area is 155 Å². The topological polar surface area (TPSA) is 49.6 Å². The van der Waals surface area contributed by atoms with Crippen molar-refractivity contribution in [3.63, 3.8) is 0 Å². The van der Waals surface area contributed by atoms with Crippen LogP contribution in [-0.2, 0) is 0 Å². The van der Waals surface area contributed by atoms with Crippen LogP contribution in [0, 0.1) is 0 Å². The maximum absolute atomic E-state index is 6.14. The summed E-state index contributed by atoms with van der Waals surface area (Å²) in [5, 5.41) is 16.0. The van der Waals surface area contributed by atoms with Crippen LogP contribution in [0.15, 0.2) is 54.9 Å². The van der Waals surface area contributed by atoms with Crippen LogP contribution < -0.4 is 9.80 Å². The maximum Gasteiger partial charge on any atom is 0.185 e. The molecule has 0 spiro atoms. The van der Waals surface area contributed by atoms with Crippen LogP contribution >= 0.6 is 11.6 Å². The summed E-state index contributed by atoms with van der Waals surface area (Å²) in [5.41, 5.74) is 1.96. The third-order valence-electron chi connectivity index (χ3n) is 4.89. The number of aromatic nitrogens is 4. The van der Waals surface area contributed by atoms with Gasteiger partial charge < -0.3 is 9.80 Å². The zero-order valence-corrected chi connectivity index (χ0v) is 14.8. The highest BCUT2D eigenvalue weighted by Crippen LogP contribution is 2.28. The number of benzene rings is 2. The largest absolute Gasteiger partial charge is 0.368 e. The number of anilines is 2. The fourth-order valence-corrected chi connectivity index (χ4v) is 3.78. The molecule has 1 saturated heterocycles. The third kappa shape index (κ3) is 2.54. The Morgan fingerprint density at radius 2 is 1.62 bits per heavy atom. The minimum absolute atomic E-state index is 0.774. The molecule has 0 radical (unpaired) electrons. The van der Waals surface area contributed by atoms with Crippen molar-refractivity contribution in [1.29, 1.82) is 0 Å². The molecular weight excluding hydrogens is 348 g/mol. The maximum atomic E-state index is 6.14. The summed E-state index contributed by atoms with van der Waals surface area (Å²) in [7, 11) is 0. The van der Waals surface area contributed by atoms with Gasteiger partial charge >= 0.3 is 0 Å². The number of fused-ring (bicyclic) bond motifs is 3. The third-order valence-corrected chi connectivity index (χ3v) is 5.13. The van der Waals surface area contributed by atoms with Gasteiger partial charge in [0, 0.05) is 47.7 Å². The molecule has 26 heavy (non-hydrogen) atoms. The Kier molecular flexibility index (Phi) is 3.64. The van der Waals surface area contributed by atoms with Gasteiger partial charge in [-0.2, -0.15) is 4.52 Å². The van der Waals surface area contributed by atoms with Crippen molar-refractivity contribution in [2.45, 2.75) is 0 Å². The Morgan fingerprint density at radius 3 is 2.42 bits per heavy atom. The van der Waals surface area contributed by atoms with Crippen molar-refractivity contribution in [3.8, 4) is 0 Å². The van der Waals surface area contributed by atoms with Gasteiger partial charge in [0.25, 0.3) is 0 Å². The van der Waals surface area contributed by atoms with Gasteiger partial charge in [-0.1, -0.05) is 41.9 Å². The van der Waals surface area contributed by atoms with E-state index in [1.165, 1.54) is 5.69 Å². The summed E-state index contributed by atoms with van der Waals surface area (Å²) >= 11 is 6.14. The Morgan fingerprint density at radius 1 is 0.846 bits per heavy atom. The van der Waals surface area contributed by atoms with Crippen LogP contribution in [0.3, 0.4) is 0 Å². The summed E-state index contributed by atoms with van der Waals surface area (Å²) in [6.07, 6.45) is 1.66. The van der Waals surface area contributed by atoms with E-state index in [4.69, 9.17) is 16.7 Å². The zero-order valence-electron chi connectivity index (χ0n) is 14.1. The first-order valence-corrected chi connectivity index (χ1v) is 9.02. The van der Waals surface area contributed by atoms with Crippen LogP contribution in [0.4, 0.5) is 11.5 Å². The van der Waals surface area contributed by atoms with E-state index in [1.54, 1.807) is 10.8 Å². The van der Waals surface area contributed by atoms with E-state index < -0.39 is 0 Å². The minimum Gasteiger partial charge on any atom is -0.368 e. The average molecular weight is 365 g/mol. The standard InChI is InChI=1S/C19H17ClN6/c20-14-4-3-5-15(12-14)24-8-10-25(11-9-24)19-17-7-2-1-6-16(17)18-22-21-13-26(18)23-19/h1-7,12-13H,8-11H2. The molecule has 4 aromatic rings. The lowest BCUT2D eigenvalue weighted by molar-refractivity contribution is 0.644. The van der Waals surface area contributed by atoms with E-state index >= 15 is 0 Å². The van der Waals surface area contributed by atoms with E-state index in [2.05, 4.69) is 38.2 Å². The van der Waals surface area contributed by atoms with Crippen LogP contribution in [0.1, 0.15) is 0 Å². The summed E-state index contributed by atoms with van der Waals surface area (Å²) in [6, 6.07) is 16.3. The molecule has 0 N–H and O–H groups in total. The summed E-state index contributed by atoms with van der Waals surface area (Å²) in [5.74, 6) is 0.985. The molecule has 130 valence electrons. The molecule has 0 amide bonds. The van der Waals surface area contributed by atoms with Crippen molar-refractivity contribution < 1.29 is 0 Å². The Hall–Kier alpha value is -2.86. The van der Waals surface area contributed by atoms with Crippen LogP contribution in [0.2, 0.25) is 5.02 Å². The highest BCUT2D eigenvalue weighted by atomic mass is 35.5. The number of nitrogens with zero attached hydrogens (tertiary/aromatic N) is 6. The Bertz CT molecular complexity index is 1080. The fourth-order valence-electron chi connectivity index (χ4n) is 3.59. The van der Waals surface area contributed by atoms with Crippen molar-refractivity contribution in [3.05, 3.63) is 59.9 Å². The predicted octanol–water partition coefficient (Wildman–Crippen LogP) is 3.26. The summed E-state index contributed by atoms with van der Waals surface area (Å²) in [6.45, 7) is 3.65. The molecule has 3 heterocycles.